The molecule has 0 spiro atoms. The van der Waals surface area contributed by atoms with Crippen molar-refractivity contribution in [2.75, 3.05) is 11.9 Å². The molecule has 6 nitrogen and oxygen atoms in total. The lowest BCUT2D eigenvalue weighted by Gasteiger charge is -2.10. The lowest BCUT2D eigenvalue weighted by molar-refractivity contribution is -0.141. The van der Waals surface area contributed by atoms with Gasteiger partial charge in [-0.05, 0) is 43.6 Å². The molecule has 1 aromatic carbocycles. The molecule has 1 aliphatic rings. The fraction of sp³-hybridized carbons (Fsp3) is 0.381. The number of halogens is 6. The number of rotatable bonds is 8. The first-order valence-corrected chi connectivity index (χ1v) is 12.0. The van der Waals surface area contributed by atoms with Crippen LogP contribution in [0, 0.1) is 0 Å². The predicted molar refractivity (Wildman–Crippen MR) is 131 cm³/mol. The summed E-state index contributed by atoms with van der Waals surface area (Å²) in [4.78, 5) is 0. The van der Waals surface area contributed by atoms with Gasteiger partial charge in [0.1, 0.15) is 0 Å². The summed E-state index contributed by atoms with van der Waals surface area (Å²) in [5.41, 5.74) is 0.216. The number of hydrogen-bond acceptors (Lipinski definition) is 3. The van der Waals surface area contributed by atoms with Gasteiger partial charge in [0, 0.05) is 46.9 Å². The van der Waals surface area contributed by atoms with Crippen molar-refractivity contribution in [2.24, 2.45) is 0 Å². The van der Waals surface area contributed by atoms with Crippen LogP contribution in [0.15, 0.2) is 30.5 Å². The molecule has 0 aliphatic heterocycles. The van der Waals surface area contributed by atoms with E-state index in [0.29, 0.717) is 52.7 Å². The summed E-state index contributed by atoms with van der Waals surface area (Å²) in [5.74, 6) is 0.577. The molecule has 4 rings (SSSR count). The highest BCUT2D eigenvalue weighted by Crippen LogP contribution is 2.46. The third-order valence-corrected chi connectivity index (χ3v) is 6.59. The van der Waals surface area contributed by atoms with Gasteiger partial charge in [-0.15, -0.1) is 0 Å². The van der Waals surface area contributed by atoms with E-state index in [1.54, 1.807) is 35.1 Å². The monoisotopic (exact) mass is 550 g/mol. The summed E-state index contributed by atoms with van der Waals surface area (Å²) in [6.45, 7) is 1.13. The highest BCUT2D eigenvalue weighted by atomic mass is 35.5. The minimum absolute atomic E-state index is 0.0440. The van der Waals surface area contributed by atoms with Crippen molar-refractivity contribution >= 4 is 58.0 Å². The number of anilines is 1. The highest BCUT2D eigenvalue weighted by molar-refractivity contribution is 7.80. The normalized spacial score (nSPS) is 13.8. The summed E-state index contributed by atoms with van der Waals surface area (Å²) in [7, 11) is 0. The molecule has 13 heteroatoms. The quantitative estimate of drug-likeness (QED) is 0.252. The predicted octanol–water partition coefficient (Wildman–Crippen LogP) is 6.36. The molecule has 0 radical (unpaired) electrons. The minimum Gasteiger partial charge on any atom is -0.362 e. The van der Waals surface area contributed by atoms with Crippen molar-refractivity contribution in [3.63, 3.8) is 0 Å². The van der Waals surface area contributed by atoms with Crippen LogP contribution < -0.4 is 10.6 Å². The molecule has 0 unspecified atom stereocenters. The Hall–Kier alpha value is -2.01. The van der Waals surface area contributed by atoms with E-state index >= 15 is 0 Å². The average Bonchev–Trinajstić information content (AvgIpc) is 3.40. The molecule has 0 saturated heterocycles. The molecule has 1 saturated carbocycles. The smallest absolute Gasteiger partial charge is 0.362 e. The van der Waals surface area contributed by atoms with E-state index in [1.165, 1.54) is 4.68 Å². The largest absolute Gasteiger partial charge is 0.436 e. The molecule has 0 atom stereocenters. The molecule has 182 valence electrons. The molecule has 1 fully saturated rings. The maximum atomic E-state index is 13.2. The van der Waals surface area contributed by atoms with E-state index in [-0.39, 0.29) is 10.9 Å². The van der Waals surface area contributed by atoms with Gasteiger partial charge in [-0.1, -0.05) is 40.9 Å². The first-order chi connectivity index (χ1) is 16.1. The second kappa shape index (κ2) is 10.3. The second-order valence-electron chi connectivity index (χ2n) is 7.88. The molecular weight excluding hydrogens is 532 g/mol. The van der Waals surface area contributed by atoms with E-state index in [4.69, 9.17) is 47.0 Å². The lowest BCUT2D eigenvalue weighted by atomic mass is 10.2. The van der Waals surface area contributed by atoms with Gasteiger partial charge in [0.2, 0.25) is 0 Å². The average molecular weight is 552 g/mol. The SMILES string of the molecule is FC(F)(F)c1nn(CCCNC(=S)Nc2ccn(Cc3c(Cl)cccc3Cl)n2)c(C2CC2)c1Cl. The van der Waals surface area contributed by atoms with Crippen LogP contribution in [0.5, 0.6) is 0 Å². The standard InChI is InChI=1S/C21H20Cl3F3N6S/c22-14-3-1-4-15(23)13(14)11-32-10-7-16(30-32)29-20(34)28-8-2-9-33-18(12-5-6-12)17(24)19(31-33)21(25,26)27/h1,3-4,7,10,12H,2,5-6,8-9,11H2,(H2,28,29,30,34). The fourth-order valence-corrected chi connectivity index (χ4v) is 4.62. The Morgan fingerprint density at radius 3 is 2.47 bits per heavy atom. The third-order valence-electron chi connectivity index (χ3n) is 5.26. The van der Waals surface area contributed by atoms with E-state index in [1.807, 2.05) is 0 Å². The Morgan fingerprint density at radius 2 is 1.82 bits per heavy atom. The van der Waals surface area contributed by atoms with Crippen molar-refractivity contribution in [3.05, 3.63) is 62.5 Å². The molecule has 0 bridgehead atoms. The molecule has 0 amide bonds. The Bertz CT molecular complexity index is 1170. The van der Waals surface area contributed by atoms with Crippen LogP contribution in [0.2, 0.25) is 15.1 Å². The van der Waals surface area contributed by atoms with Crippen molar-refractivity contribution in [1.82, 2.24) is 24.9 Å². The van der Waals surface area contributed by atoms with Crippen molar-refractivity contribution in [2.45, 2.75) is 44.4 Å². The van der Waals surface area contributed by atoms with Gasteiger partial charge in [-0.2, -0.15) is 23.4 Å². The minimum atomic E-state index is -4.57. The van der Waals surface area contributed by atoms with Crippen LogP contribution in [-0.2, 0) is 19.3 Å². The number of benzene rings is 1. The van der Waals surface area contributed by atoms with Gasteiger partial charge in [0.15, 0.2) is 16.6 Å². The Balaban J connectivity index is 1.27. The summed E-state index contributed by atoms with van der Waals surface area (Å²) >= 11 is 23.7. The zero-order valence-corrected chi connectivity index (χ0v) is 20.8. The van der Waals surface area contributed by atoms with Gasteiger partial charge in [0.05, 0.1) is 17.3 Å². The number of nitrogens with zero attached hydrogens (tertiary/aromatic N) is 4. The fourth-order valence-electron chi connectivity index (χ4n) is 3.50. The van der Waals surface area contributed by atoms with Gasteiger partial charge in [-0.3, -0.25) is 9.36 Å². The van der Waals surface area contributed by atoms with Crippen LogP contribution in [-0.4, -0.2) is 31.2 Å². The van der Waals surface area contributed by atoms with Crippen LogP contribution in [0.1, 0.15) is 42.1 Å². The summed E-state index contributed by atoms with van der Waals surface area (Å²) < 4.78 is 42.6. The number of alkyl halides is 3. The van der Waals surface area contributed by atoms with E-state index in [9.17, 15) is 13.2 Å². The van der Waals surface area contributed by atoms with Crippen molar-refractivity contribution < 1.29 is 13.2 Å². The number of hydrogen-bond donors (Lipinski definition) is 2. The molecule has 34 heavy (non-hydrogen) atoms. The van der Waals surface area contributed by atoms with E-state index in [0.717, 1.165) is 18.4 Å². The molecule has 3 aromatic rings. The van der Waals surface area contributed by atoms with Crippen molar-refractivity contribution in [3.8, 4) is 0 Å². The van der Waals surface area contributed by atoms with E-state index in [2.05, 4.69) is 20.8 Å². The Morgan fingerprint density at radius 1 is 1.12 bits per heavy atom. The van der Waals surface area contributed by atoms with Crippen LogP contribution in [0.3, 0.4) is 0 Å². The Kier molecular flexibility index (Phi) is 7.61. The number of aryl methyl sites for hydroxylation is 1. The third kappa shape index (κ3) is 5.97. The number of aromatic nitrogens is 4. The number of thiocarbonyl (C=S) groups is 1. The molecule has 2 N–H and O–H groups in total. The van der Waals surface area contributed by atoms with Gasteiger partial charge >= 0.3 is 6.18 Å². The molecular formula is C21H20Cl3F3N6S. The first-order valence-electron chi connectivity index (χ1n) is 10.5. The summed E-state index contributed by atoms with van der Waals surface area (Å²) in [5, 5.41) is 15.3. The van der Waals surface area contributed by atoms with Crippen LogP contribution in [0.25, 0.3) is 0 Å². The zero-order chi connectivity index (χ0) is 24.5. The van der Waals surface area contributed by atoms with E-state index < -0.39 is 11.9 Å². The molecule has 1 aliphatic carbocycles. The highest BCUT2D eigenvalue weighted by Gasteiger charge is 2.41. The molecule has 2 aromatic heterocycles. The maximum absolute atomic E-state index is 13.2. The summed E-state index contributed by atoms with van der Waals surface area (Å²) in [6, 6.07) is 7.06. The first kappa shape index (κ1) is 25.1. The van der Waals surface area contributed by atoms with Crippen LogP contribution in [0.4, 0.5) is 19.0 Å². The van der Waals surface area contributed by atoms with Crippen molar-refractivity contribution in [1.29, 1.82) is 0 Å². The lowest BCUT2D eigenvalue weighted by Crippen LogP contribution is -2.30. The van der Waals surface area contributed by atoms with Crippen LogP contribution >= 0.6 is 47.0 Å². The van der Waals surface area contributed by atoms with Gasteiger partial charge in [-0.25, -0.2) is 0 Å². The maximum Gasteiger partial charge on any atom is 0.436 e. The molecule has 2 heterocycles. The van der Waals surface area contributed by atoms with Gasteiger partial charge in [0.25, 0.3) is 0 Å². The van der Waals surface area contributed by atoms with Gasteiger partial charge < -0.3 is 10.6 Å². The number of nitrogens with one attached hydrogen (secondary N) is 2. The second-order valence-corrected chi connectivity index (χ2v) is 9.48. The zero-order valence-electron chi connectivity index (χ0n) is 17.7. The topological polar surface area (TPSA) is 59.7 Å². The summed E-state index contributed by atoms with van der Waals surface area (Å²) in [6.07, 6.45) is -0.648. The Labute approximate surface area is 214 Å².